The first kappa shape index (κ1) is 16.4. The number of aryl methyl sites for hydroxylation is 2. The van der Waals surface area contributed by atoms with Gasteiger partial charge in [-0.1, -0.05) is 6.07 Å². The highest BCUT2D eigenvalue weighted by Crippen LogP contribution is 2.31. The van der Waals surface area contributed by atoms with Crippen molar-refractivity contribution >= 4 is 17.6 Å². The molecular formula is C19H16N2O4. The Morgan fingerprint density at radius 3 is 2.52 bits per heavy atom. The first-order valence-corrected chi connectivity index (χ1v) is 7.63. The molecule has 1 heterocycles. The standard InChI is InChI=1S/C19H16N2O4/c1-12-9-13(2)19(22)17(10-12)20-11-16-7-8-18(25-16)14-3-5-15(6-4-14)21(23)24/h3-11,22H,1-2H3. The Balaban J connectivity index is 1.83. The van der Waals surface area contributed by atoms with Crippen LogP contribution in [0.15, 0.2) is 57.9 Å². The number of aliphatic imine (C=N–C) groups is 1. The molecule has 0 atom stereocenters. The van der Waals surface area contributed by atoms with E-state index in [-0.39, 0.29) is 11.4 Å². The maximum absolute atomic E-state index is 10.7. The summed E-state index contributed by atoms with van der Waals surface area (Å²) in [6.07, 6.45) is 1.53. The van der Waals surface area contributed by atoms with Gasteiger partial charge in [-0.05, 0) is 55.3 Å². The highest BCUT2D eigenvalue weighted by Gasteiger charge is 2.08. The molecule has 0 bridgehead atoms. The highest BCUT2D eigenvalue weighted by molar-refractivity contribution is 5.81. The van der Waals surface area contributed by atoms with Crippen molar-refractivity contribution in [3.05, 3.63) is 75.5 Å². The summed E-state index contributed by atoms with van der Waals surface area (Å²) >= 11 is 0. The van der Waals surface area contributed by atoms with E-state index >= 15 is 0 Å². The van der Waals surface area contributed by atoms with E-state index in [9.17, 15) is 15.2 Å². The number of nitrogens with zero attached hydrogens (tertiary/aromatic N) is 2. The molecule has 0 saturated heterocycles. The fourth-order valence-electron chi connectivity index (χ4n) is 2.49. The van der Waals surface area contributed by atoms with Crippen molar-refractivity contribution in [3.8, 4) is 17.1 Å². The Bertz CT molecular complexity index is 956. The van der Waals surface area contributed by atoms with Crippen LogP contribution in [0, 0.1) is 24.0 Å². The maximum Gasteiger partial charge on any atom is 0.269 e. The zero-order valence-corrected chi connectivity index (χ0v) is 13.8. The highest BCUT2D eigenvalue weighted by atomic mass is 16.6. The number of rotatable bonds is 4. The Morgan fingerprint density at radius 1 is 1.12 bits per heavy atom. The van der Waals surface area contributed by atoms with Gasteiger partial charge >= 0.3 is 0 Å². The number of phenolic OH excluding ortho intramolecular Hbond substituents is 1. The Labute approximate surface area is 144 Å². The molecule has 1 N–H and O–H groups in total. The first-order valence-electron chi connectivity index (χ1n) is 7.63. The summed E-state index contributed by atoms with van der Waals surface area (Å²) in [6, 6.07) is 13.3. The molecule has 25 heavy (non-hydrogen) atoms. The number of furan rings is 1. The van der Waals surface area contributed by atoms with Crippen molar-refractivity contribution in [3.63, 3.8) is 0 Å². The average Bonchev–Trinajstić information content (AvgIpc) is 3.06. The van der Waals surface area contributed by atoms with Gasteiger partial charge in [0.15, 0.2) is 0 Å². The lowest BCUT2D eigenvalue weighted by atomic mass is 10.1. The second-order valence-electron chi connectivity index (χ2n) is 5.71. The molecule has 0 unspecified atom stereocenters. The normalized spacial score (nSPS) is 11.1. The van der Waals surface area contributed by atoms with Crippen LogP contribution in [-0.2, 0) is 0 Å². The number of nitro benzene ring substituents is 1. The van der Waals surface area contributed by atoms with Gasteiger partial charge in [0.1, 0.15) is 23.0 Å². The fraction of sp³-hybridized carbons (Fsp3) is 0.105. The predicted molar refractivity (Wildman–Crippen MR) is 95.6 cm³/mol. The van der Waals surface area contributed by atoms with Crippen molar-refractivity contribution in [1.29, 1.82) is 0 Å². The van der Waals surface area contributed by atoms with Crippen LogP contribution in [0.4, 0.5) is 11.4 Å². The molecule has 0 radical (unpaired) electrons. The van der Waals surface area contributed by atoms with E-state index in [1.807, 2.05) is 19.9 Å². The molecule has 0 aliphatic rings. The fourth-order valence-corrected chi connectivity index (χ4v) is 2.49. The molecular weight excluding hydrogens is 320 g/mol. The summed E-state index contributed by atoms with van der Waals surface area (Å²) in [5, 5.41) is 20.7. The van der Waals surface area contributed by atoms with E-state index < -0.39 is 4.92 Å². The summed E-state index contributed by atoms with van der Waals surface area (Å²) in [5.41, 5.74) is 3.01. The van der Waals surface area contributed by atoms with Gasteiger partial charge in [0, 0.05) is 17.7 Å². The third kappa shape index (κ3) is 3.58. The van der Waals surface area contributed by atoms with Gasteiger partial charge in [-0.15, -0.1) is 0 Å². The summed E-state index contributed by atoms with van der Waals surface area (Å²) in [6.45, 7) is 3.76. The van der Waals surface area contributed by atoms with Gasteiger partial charge in [-0.25, -0.2) is 4.99 Å². The van der Waals surface area contributed by atoms with Crippen molar-refractivity contribution < 1.29 is 14.4 Å². The van der Waals surface area contributed by atoms with Crippen LogP contribution in [0.1, 0.15) is 16.9 Å². The lowest BCUT2D eigenvalue weighted by Gasteiger charge is -2.04. The van der Waals surface area contributed by atoms with Crippen LogP contribution in [-0.4, -0.2) is 16.2 Å². The molecule has 6 heteroatoms. The van der Waals surface area contributed by atoms with Crippen molar-refractivity contribution in [1.82, 2.24) is 0 Å². The lowest BCUT2D eigenvalue weighted by molar-refractivity contribution is -0.384. The third-order valence-corrected chi connectivity index (χ3v) is 3.75. The lowest BCUT2D eigenvalue weighted by Crippen LogP contribution is -1.86. The van der Waals surface area contributed by atoms with Gasteiger partial charge in [0.05, 0.1) is 11.1 Å². The Morgan fingerprint density at radius 2 is 1.84 bits per heavy atom. The molecule has 0 aliphatic heterocycles. The van der Waals surface area contributed by atoms with E-state index in [4.69, 9.17) is 4.42 Å². The van der Waals surface area contributed by atoms with Crippen LogP contribution >= 0.6 is 0 Å². The molecule has 1 aromatic heterocycles. The van der Waals surface area contributed by atoms with Gasteiger partial charge in [-0.3, -0.25) is 10.1 Å². The Hall–Kier alpha value is -3.41. The van der Waals surface area contributed by atoms with E-state index in [1.165, 1.54) is 18.3 Å². The Kier molecular flexibility index (Phi) is 4.35. The van der Waals surface area contributed by atoms with Crippen molar-refractivity contribution in [2.45, 2.75) is 13.8 Å². The number of phenols is 1. The molecule has 0 fully saturated rings. The van der Waals surface area contributed by atoms with Gasteiger partial charge in [-0.2, -0.15) is 0 Å². The topological polar surface area (TPSA) is 88.9 Å². The van der Waals surface area contributed by atoms with Crippen LogP contribution in [0.25, 0.3) is 11.3 Å². The van der Waals surface area contributed by atoms with Crippen LogP contribution in [0.5, 0.6) is 5.75 Å². The SMILES string of the molecule is Cc1cc(C)c(O)c(N=Cc2ccc(-c3ccc([N+](=O)[O-])cc3)o2)c1. The maximum atomic E-state index is 10.7. The number of aromatic hydroxyl groups is 1. The van der Waals surface area contributed by atoms with E-state index in [0.29, 0.717) is 17.2 Å². The van der Waals surface area contributed by atoms with Crippen molar-refractivity contribution in [2.24, 2.45) is 4.99 Å². The quantitative estimate of drug-likeness (QED) is 0.416. The van der Waals surface area contributed by atoms with E-state index in [1.54, 1.807) is 30.3 Å². The molecule has 0 spiro atoms. The summed E-state index contributed by atoms with van der Waals surface area (Å²) in [7, 11) is 0. The minimum Gasteiger partial charge on any atom is -0.505 e. The molecule has 0 amide bonds. The molecule has 126 valence electrons. The smallest absolute Gasteiger partial charge is 0.269 e. The second kappa shape index (κ2) is 6.60. The number of benzene rings is 2. The number of non-ortho nitro benzene ring substituents is 1. The molecule has 3 aromatic rings. The molecule has 0 aliphatic carbocycles. The van der Waals surface area contributed by atoms with Crippen LogP contribution in [0.2, 0.25) is 0 Å². The largest absolute Gasteiger partial charge is 0.505 e. The average molecular weight is 336 g/mol. The zero-order chi connectivity index (χ0) is 18.0. The summed E-state index contributed by atoms with van der Waals surface area (Å²) in [5.74, 6) is 1.25. The van der Waals surface area contributed by atoms with E-state index in [2.05, 4.69) is 4.99 Å². The number of hydrogen-bond donors (Lipinski definition) is 1. The third-order valence-electron chi connectivity index (χ3n) is 3.75. The molecule has 2 aromatic carbocycles. The second-order valence-corrected chi connectivity index (χ2v) is 5.71. The minimum atomic E-state index is -0.444. The summed E-state index contributed by atoms with van der Waals surface area (Å²) < 4.78 is 5.69. The van der Waals surface area contributed by atoms with Gasteiger partial charge in [0.25, 0.3) is 5.69 Å². The van der Waals surface area contributed by atoms with Crippen molar-refractivity contribution in [2.75, 3.05) is 0 Å². The molecule has 0 saturated carbocycles. The summed E-state index contributed by atoms with van der Waals surface area (Å²) in [4.78, 5) is 14.5. The number of hydrogen-bond acceptors (Lipinski definition) is 5. The number of nitro groups is 1. The van der Waals surface area contributed by atoms with Gasteiger partial charge in [0.2, 0.25) is 0 Å². The minimum absolute atomic E-state index is 0.0300. The zero-order valence-electron chi connectivity index (χ0n) is 13.8. The van der Waals surface area contributed by atoms with Gasteiger partial charge < -0.3 is 9.52 Å². The first-order chi connectivity index (χ1) is 11.9. The molecule has 6 nitrogen and oxygen atoms in total. The van der Waals surface area contributed by atoms with Crippen LogP contribution < -0.4 is 0 Å². The van der Waals surface area contributed by atoms with E-state index in [0.717, 1.165) is 16.7 Å². The monoisotopic (exact) mass is 336 g/mol. The predicted octanol–water partition coefficient (Wildman–Crippen LogP) is 4.93. The van der Waals surface area contributed by atoms with Crippen LogP contribution in [0.3, 0.4) is 0 Å². The molecule has 3 rings (SSSR count).